The highest BCUT2D eigenvalue weighted by Gasteiger charge is 2.05. The number of hydrogen-bond donors (Lipinski definition) is 0. The van der Waals surface area contributed by atoms with Gasteiger partial charge in [0, 0.05) is 5.57 Å². The number of hydrogen-bond acceptors (Lipinski definition) is 2. The van der Waals surface area contributed by atoms with E-state index in [0.29, 0.717) is 16.4 Å². The minimum absolute atomic E-state index is 0.380. The molecular weight excluding hydrogens is 174 g/mol. The molecule has 0 aliphatic heterocycles. The Morgan fingerprint density at radius 1 is 1.58 bits per heavy atom. The van der Waals surface area contributed by atoms with Crippen molar-refractivity contribution in [1.82, 2.24) is 0 Å². The first-order valence-corrected chi connectivity index (χ1v) is 3.86. The van der Waals surface area contributed by atoms with Gasteiger partial charge in [-0.3, -0.25) is 0 Å². The zero-order valence-corrected chi connectivity index (χ0v) is 7.64. The van der Waals surface area contributed by atoms with Gasteiger partial charge in [-0.2, -0.15) is 5.26 Å². The summed E-state index contributed by atoms with van der Waals surface area (Å²) in [6, 6.07) is 5.52. The van der Waals surface area contributed by atoms with Crippen LogP contribution in [0.25, 0.3) is 5.03 Å². The topological polar surface area (TPSA) is 36.9 Å². The molecule has 0 aliphatic carbocycles. The quantitative estimate of drug-likeness (QED) is 0.625. The van der Waals surface area contributed by atoms with E-state index in [1.165, 1.54) is 0 Å². The van der Waals surface area contributed by atoms with Crippen LogP contribution in [0.3, 0.4) is 0 Å². The van der Waals surface area contributed by atoms with E-state index in [1.807, 2.05) is 19.1 Å². The number of nitrogens with zero attached hydrogens (tertiary/aromatic N) is 1. The second-order valence-electron chi connectivity index (χ2n) is 2.46. The van der Waals surface area contributed by atoms with Crippen molar-refractivity contribution in [3.63, 3.8) is 0 Å². The molecule has 0 amide bonds. The Morgan fingerprint density at radius 3 is 2.67 bits per heavy atom. The molecular formula is C9H8ClNO. The first-order chi connectivity index (χ1) is 5.65. The maximum Gasteiger partial charge on any atom is 0.146 e. The lowest BCUT2D eigenvalue weighted by atomic mass is 10.3. The van der Waals surface area contributed by atoms with Crippen LogP contribution in [0.15, 0.2) is 22.1 Å². The molecule has 3 heteroatoms. The zero-order valence-electron chi connectivity index (χ0n) is 6.89. The van der Waals surface area contributed by atoms with E-state index in [-0.39, 0.29) is 0 Å². The summed E-state index contributed by atoms with van der Waals surface area (Å²) in [5.74, 6) is 1.34. The van der Waals surface area contributed by atoms with Gasteiger partial charge >= 0.3 is 0 Å². The van der Waals surface area contributed by atoms with Gasteiger partial charge in [0.25, 0.3) is 0 Å². The normalized spacial score (nSPS) is 12.2. The van der Waals surface area contributed by atoms with Gasteiger partial charge in [0.05, 0.1) is 11.1 Å². The van der Waals surface area contributed by atoms with Crippen molar-refractivity contribution in [3.8, 4) is 6.07 Å². The third kappa shape index (κ3) is 1.69. The fourth-order valence-electron chi connectivity index (χ4n) is 0.786. The van der Waals surface area contributed by atoms with Crippen LogP contribution in [-0.4, -0.2) is 0 Å². The van der Waals surface area contributed by atoms with Crippen LogP contribution in [0.2, 0.25) is 0 Å². The number of aryl methyl sites for hydroxylation is 1. The van der Waals surface area contributed by atoms with Gasteiger partial charge in [-0.1, -0.05) is 11.6 Å². The summed E-state index contributed by atoms with van der Waals surface area (Å²) in [5.41, 5.74) is 0.464. The lowest BCUT2D eigenvalue weighted by molar-refractivity contribution is 0.523. The monoisotopic (exact) mass is 181 g/mol. The van der Waals surface area contributed by atoms with Crippen molar-refractivity contribution in [1.29, 1.82) is 5.26 Å². The average molecular weight is 182 g/mol. The Hall–Kier alpha value is -1.20. The summed E-state index contributed by atoms with van der Waals surface area (Å²) >= 11 is 5.83. The molecule has 0 unspecified atom stereocenters. The highest BCUT2D eigenvalue weighted by molar-refractivity contribution is 6.49. The van der Waals surface area contributed by atoms with E-state index in [1.54, 1.807) is 13.0 Å². The molecule has 0 saturated heterocycles. The largest absolute Gasteiger partial charge is 0.460 e. The second kappa shape index (κ2) is 3.46. The van der Waals surface area contributed by atoms with E-state index in [9.17, 15) is 0 Å². The Labute approximate surface area is 76.1 Å². The van der Waals surface area contributed by atoms with Crippen LogP contribution in [0.4, 0.5) is 0 Å². The molecule has 0 aliphatic rings. The first-order valence-electron chi connectivity index (χ1n) is 3.48. The van der Waals surface area contributed by atoms with Crippen LogP contribution in [0.5, 0.6) is 0 Å². The first kappa shape index (κ1) is 8.89. The molecule has 12 heavy (non-hydrogen) atoms. The van der Waals surface area contributed by atoms with Crippen LogP contribution >= 0.6 is 11.6 Å². The minimum Gasteiger partial charge on any atom is -0.460 e. The Bertz CT molecular complexity index is 357. The van der Waals surface area contributed by atoms with Gasteiger partial charge in [0.15, 0.2) is 0 Å². The van der Waals surface area contributed by atoms with Crippen molar-refractivity contribution in [2.75, 3.05) is 0 Å². The summed E-state index contributed by atoms with van der Waals surface area (Å²) in [6.45, 7) is 3.48. The third-order valence-corrected chi connectivity index (χ3v) is 1.92. The standard InChI is InChI=1S/C9H8ClNO/c1-6(5-11)9(10)8-4-3-7(2)12-8/h3-4H,1-2H3. The van der Waals surface area contributed by atoms with Gasteiger partial charge in [-0.25, -0.2) is 0 Å². The lowest BCUT2D eigenvalue weighted by Gasteiger charge is -1.93. The van der Waals surface area contributed by atoms with Crippen LogP contribution in [0, 0.1) is 18.3 Å². The fraction of sp³-hybridized carbons (Fsp3) is 0.222. The predicted octanol–water partition coefficient (Wildman–Crippen LogP) is 3.08. The van der Waals surface area contributed by atoms with Crippen molar-refractivity contribution in [2.24, 2.45) is 0 Å². The summed E-state index contributed by atoms with van der Waals surface area (Å²) in [6.07, 6.45) is 0. The van der Waals surface area contributed by atoms with Crippen molar-refractivity contribution < 1.29 is 4.42 Å². The molecule has 0 N–H and O–H groups in total. The van der Waals surface area contributed by atoms with Gasteiger partial charge in [0.1, 0.15) is 11.5 Å². The average Bonchev–Trinajstić information content (AvgIpc) is 2.49. The van der Waals surface area contributed by atoms with Crippen LogP contribution in [-0.2, 0) is 0 Å². The van der Waals surface area contributed by atoms with Gasteiger partial charge in [-0.15, -0.1) is 0 Å². The Morgan fingerprint density at radius 2 is 2.25 bits per heavy atom. The van der Waals surface area contributed by atoms with Crippen molar-refractivity contribution in [3.05, 3.63) is 29.2 Å². The summed E-state index contributed by atoms with van der Waals surface area (Å²) in [7, 11) is 0. The predicted molar refractivity (Wildman–Crippen MR) is 47.5 cm³/mol. The molecule has 62 valence electrons. The van der Waals surface area contributed by atoms with Crippen molar-refractivity contribution in [2.45, 2.75) is 13.8 Å². The van der Waals surface area contributed by atoms with Gasteiger partial charge < -0.3 is 4.42 Å². The number of furan rings is 1. The smallest absolute Gasteiger partial charge is 0.146 e. The molecule has 0 radical (unpaired) electrons. The molecule has 2 nitrogen and oxygen atoms in total. The van der Waals surface area contributed by atoms with E-state index >= 15 is 0 Å². The van der Waals surface area contributed by atoms with E-state index in [0.717, 1.165) is 5.76 Å². The highest BCUT2D eigenvalue weighted by Crippen LogP contribution is 2.24. The highest BCUT2D eigenvalue weighted by atomic mass is 35.5. The third-order valence-electron chi connectivity index (χ3n) is 1.45. The summed E-state index contributed by atoms with van der Waals surface area (Å²) in [5, 5.41) is 8.92. The van der Waals surface area contributed by atoms with Crippen molar-refractivity contribution >= 4 is 16.6 Å². The molecule has 0 fully saturated rings. The maximum atomic E-state index is 8.54. The molecule has 1 aromatic heterocycles. The second-order valence-corrected chi connectivity index (χ2v) is 2.84. The summed E-state index contributed by atoms with van der Waals surface area (Å²) < 4.78 is 5.23. The Kier molecular flexibility index (Phi) is 2.57. The Balaban J connectivity index is 3.09. The molecule has 1 aromatic rings. The molecule has 1 heterocycles. The lowest BCUT2D eigenvalue weighted by Crippen LogP contribution is -1.75. The summed E-state index contributed by atoms with van der Waals surface area (Å²) in [4.78, 5) is 0. The molecule has 0 aromatic carbocycles. The van der Waals surface area contributed by atoms with E-state index < -0.39 is 0 Å². The van der Waals surface area contributed by atoms with Crippen LogP contribution < -0.4 is 0 Å². The zero-order chi connectivity index (χ0) is 9.14. The molecule has 0 saturated carbocycles. The number of rotatable bonds is 1. The molecule has 0 bridgehead atoms. The fourth-order valence-corrected chi connectivity index (χ4v) is 0.930. The SMILES string of the molecule is CC(C#N)=C(Cl)c1ccc(C)o1. The molecule has 1 rings (SSSR count). The molecule has 0 atom stereocenters. The van der Waals surface area contributed by atoms with E-state index in [4.69, 9.17) is 21.3 Å². The minimum atomic E-state index is 0.380. The number of halogens is 1. The maximum absolute atomic E-state index is 8.54. The number of allylic oxidation sites excluding steroid dienone is 1. The van der Waals surface area contributed by atoms with Gasteiger partial charge in [-0.05, 0) is 26.0 Å². The van der Waals surface area contributed by atoms with E-state index in [2.05, 4.69) is 0 Å². The molecule has 0 spiro atoms. The van der Waals surface area contributed by atoms with Crippen LogP contribution in [0.1, 0.15) is 18.4 Å². The van der Waals surface area contributed by atoms with Gasteiger partial charge in [0.2, 0.25) is 0 Å². The number of nitriles is 1.